The molecular formula is C17H19FN2. The van der Waals surface area contributed by atoms with Crippen LogP contribution < -0.4 is 11.3 Å². The van der Waals surface area contributed by atoms with Gasteiger partial charge in [0.05, 0.1) is 6.04 Å². The van der Waals surface area contributed by atoms with Crippen LogP contribution in [0.25, 0.3) is 0 Å². The first-order valence-electron chi connectivity index (χ1n) is 6.95. The zero-order chi connectivity index (χ0) is 14.2. The Bertz CT molecular complexity index is 606. The Morgan fingerprint density at radius 3 is 2.45 bits per heavy atom. The second-order valence-corrected chi connectivity index (χ2v) is 5.62. The molecule has 1 aliphatic rings. The molecule has 0 amide bonds. The topological polar surface area (TPSA) is 38.0 Å². The summed E-state index contributed by atoms with van der Waals surface area (Å²) in [4.78, 5) is 0. The average Bonchev–Trinajstić information content (AvgIpc) is 3.26. The van der Waals surface area contributed by atoms with Gasteiger partial charge in [0.2, 0.25) is 0 Å². The predicted octanol–water partition coefficient (Wildman–Crippen LogP) is 3.37. The van der Waals surface area contributed by atoms with E-state index in [9.17, 15) is 4.39 Å². The molecule has 3 heteroatoms. The molecule has 1 saturated carbocycles. The van der Waals surface area contributed by atoms with Crippen molar-refractivity contribution in [3.63, 3.8) is 0 Å². The molecule has 2 aromatic rings. The molecule has 1 unspecified atom stereocenters. The smallest absolute Gasteiger partial charge is 0.123 e. The van der Waals surface area contributed by atoms with E-state index in [0.29, 0.717) is 0 Å². The standard InChI is InChI=1S/C17H19FN2/c1-12-7-8-14(18)11-15(12)16(20-19)17(9-10-17)13-5-3-2-4-6-13/h2-8,11,16,20H,9-10,19H2,1H3. The van der Waals surface area contributed by atoms with E-state index in [0.717, 1.165) is 24.0 Å². The quantitative estimate of drug-likeness (QED) is 0.660. The van der Waals surface area contributed by atoms with Crippen LogP contribution in [0.4, 0.5) is 4.39 Å². The van der Waals surface area contributed by atoms with Gasteiger partial charge >= 0.3 is 0 Å². The minimum atomic E-state index is -0.213. The van der Waals surface area contributed by atoms with Crippen molar-refractivity contribution in [3.05, 3.63) is 71.0 Å². The summed E-state index contributed by atoms with van der Waals surface area (Å²) in [5.74, 6) is 5.60. The van der Waals surface area contributed by atoms with Crippen molar-refractivity contribution < 1.29 is 4.39 Å². The van der Waals surface area contributed by atoms with Gasteiger partial charge in [-0.2, -0.15) is 0 Å². The van der Waals surface area contributed by atoms with Crippen molar-refractivity contribution in [2.45, 2.75) is 31.2 Å². The van der Waals surface area contributed by atoms with Crippen LogP contribution in [0, 0.1) is 12.7 Å². The molecule has 3 rings (SSSR count). The number of aryl methyl sites for hydroxylation is 1. The first-order valence-corrected chi connectivity index (χ1v) is 6.95. The van der Waals surface area contributed by atoms with Gasteiger partial charge in [-0.1, -0.05) is 36.4 Å². The summed E-state index contributed by atoms with van der Waals surface area (Å²) in [6.07, 6.45) is 2.14. The van der Waals surface area contributed by atoms with Crippen LogP contribution in [0.5, 0.6) is 0 Å². The van der Waals surface area contributed by atoms with Gasteiger partial charge in [0.15, 0.2) is 0 Å². The molecule has 2 aromatic carbocycles. The molecule has 0 heterocycles. The Balaban J connectivity index is 2.04. The van der Waals surface area contributed by atoms with Crippen molar-refractivity contribution in [3.8, 4) is 0 Å². The number of hydrogen-bond donors (Lipinski definition) is 2. The normalized spacial score (nSPS) is 17.8. The van der Waals surface area contributed by atoms with Gasteiger partial charge in [-0.25, -0.2) is 4.39 Å². The maximum atomic E-state index is 13.6. The number of halogens is 1. The molecule has 3 N–H and O–H groups in total. The highest BCUT2D eigenvalue weighted by atomic mass is 19.1. The average molecular weight is 270 g/mol. The Morgan fingerprint density at radius 1 is 1.15 bits per heavy atom. The van der Waals surface area contributed by atoms with E-state index in [-0.39, 0.29) is 17.3 Å². The monoisotopic (exact) mass is 270 g/mol. The van der Waals surface area contributed by atoms with Crippen molar-refractivity contribution in [2.24, 2.45) is 5.84 Å². The van der Waals surface area contributed by atoms with E-state index < -0.39 is 0 Å². The van der Waals surface area contributed by atoms with Gasteiger partial charge in [0.1, 0.15) is 5.82 Å². The molecule has 1 aliphatic carbocycles. The lowest BCUT2D eigenvalue weighted by Crippen LogP contribution is -2.37. The van der Waals surface area contributed by atoms with Gasteiger partial charge in [-0.05, 0) is 48.6 Å². The number of hydrazine groups is 1. The molecule has 0 saturated heterocycles. The highest BCUT2D eigenvalue weighted by Gasteiger charge is 2.51. The van der Waals surface area contributed by atoms with Crippen LogP contribution in [0.1, 0.15) is 35.6 Å². The molecule has 2 nitrogen and oxygen atoms in total. The number of nitrogens with two attached hydrogens (primary N) is 1. The first kappa shape index (κ1) is 13.3. The van der Waals surface area contributed by atoms with Gasteiger partial charge in [-0.3, -0.25) is 11.3 Å². The highest BCUT2D eigenvalue weighted by Crippen LogP contribution is 2.56. The Morgan fingerprint density at radius 2 is 1.85 bits per heavy atom. The zero-order valence-corrected chi connectivity index (χ0v) is 11.6. The maximum absolute atomic E-state index is 13.6. The largest absolute Gasteiger partial charge is 0.271 e. The van der Waals surface area contributed by atoms with Crippen LogP contribution >= 0.6 is 0 Å². The lowest BCUT2D eigenvalue weighted by Gasteiger charge is -2.28. The summed E-state index contributed by atoms with van der Waals surface area (Å²) in [5, 5.41) is 0. The molecule has 0 aromatic heterocycles. The molecule has 0 aliphatic heterocycles. The molecule has 104 valence electrons. The van der Waals surface area contributed by atoms with E-state index in [4.69, 9.17) is 5.84 Å². The summed E-state index contributed by atoms with van der Waals surface area (Å²) in [6, 6.07) is 15.2. The molecule has 0 bridgehead atoms. The number of benzene rings is 2. The van der Waals surface area contributed by atoms with E-state index in [1.54, 1.807) is 6.07 Å². The summed E-state index contributed by atoms with van der Waals surface area (Å²) in [7, 11) is 0. The SMILES string of the molecule is Cc1ccc(F)cc1C(NN)C1(c2ccccc2)CC1. The van der Waals surface area contributed by atoms with E-state index in [2.05, 4.69) is 17.6 Å². The van der Waals surface area contributed by atoms with Crippen molar-refractivity contribution >= 4 is 0 Å². The fourth-order valence-corrected chi connectivity index (χ4v) is 3.12. The van der Waals surface area contributed by atoms with Crippen LogP contribution in [0.2, 0.25) is 0 Å². The Kier molecular flexibility index (Phi) is 3.32. The maximum Gasteiger partial charge on any atom is 0.123 e. The zero-order valence-electron chi connectivity index (χ0n) is 11.6. The van der Waals surface area contributed by atoms with Gasteiger partial charge in [0.25, 0.3) is 0 Å². The Hall–Kier alpha value is -1.71. The third kappa shape index (κ3) is 2.13. The third-order valence-electron chi connectivity index (χ3n) is 4.41. The number of nitrogens with one attached hydrogen (secondary N) is 1. The third-order valence-corrected chi connectivity index (χ3v) is 4.41. The van der Waals surface area contributed by atoms with E-state index >= 15 is 0 Å². The summed E-state index contributed by atoms with van der Waals surface area (Å²) < 4.78 is 13.6. The molecule has 0 spiro atoms. The van der Waals surface area contributed by atoms with Crippen molar-refractivity contribution in [1.82, 2.24) is 5.43 Å². The summed E-state index contributed by atoms with van der Waals surface area (Å²) in [6.45, 7) is 2.00. The number of rotatable bonds is 4. The van der Waals surface area contributed by atoms with Crippen LogP contribution in [-0.4, -0.2) is 0 Å². The molecule has 1 atom stereocenters. The second kappa shape index (κ2) is 5.00. The fourth-order valence-electron chi connectivity index (χ4n) is 3.12. The minimum Gasteiger partial charge on any atom is -0.271 e. The van der Waals surface area contributed by atoms with Gasteiger partial charge in [0, 0.05) is 5.41 Å². The fraction of sp³-hybridized carbons (Fsp3) is 0.294. The first-order chi connectivity index (χ1) is 9.67. The summed E-state index contributed by atoms with van der Waals surface area (Å²) in [5.41, 5.74) is 6.20. The summed E-state index contributed by atoms with van der Waals surface area (Å²) >= 11 is 0. The van der Waals surface area contributed by atoms with E-state index in [1.165, 1.54) is 11.6 Å². The van der Waals surface area contributed by atoms with Crippen molar-refractivity contribution in [1.29, 1.82) is 0 Å². The molecule has 1 fully saturated rings. The lowest BCUT2D eigenvalue weighted by atomic mass is 9.83. The van der Waals surface area contributed by atoms with Crippen LogP contribution in [0.3, 0.4) is 0 Å². The van der Waals surface area contributed by atoms with Gasteiger partial charge < -0.3 is 0 Å². The molecular weight excluding hydrogens is 251 g/mol. The van der Waals surface area contributed by atoms with Crippen LogP contribution in [0.15, 0.2) is 48.5 Å². The minimum absolute atomic E-state index is 0.00539. The number of hydrogen-bond acceptors (Lipinski definition) is 2. The highest BCUT2D eigenvalue weighted by molar-refractivity contribution is 5.41. The predicted molar refractivity (Wildman–Crippen MR) is 78.6 cm³/mol. The Labute approximate surface area is 118 Å². The second-order valence-electron chi connectivity index (χ2n) is 5.62. The van der Waals surface area contributed by atoms with Gasteiger partial charge in [-0.15, -0.1) is 0 Å². The van der Waals surface area contributed by atoms with E-state index in [1.807, 2.05) is 31.2 Å². The van der Waals surface area contributed by atoms with Crippen LogP contribution in [-0.2, 0) is 5.41 Å². The molecule has 20 heavy (non-hydrogen) atoms. The molecule has 0 radical (unpaired) electrons. The van der Waals surface area contributed by atoms with Crippen molar-refractivity contribution in [2.75, 3.05) is 0 Å². The lowest BCUT2D eigenvalue weighted by molar-refractivity contribution is 0.435.